The van der Waals surface area contributed by atoms with Crippen molar-refractivity contribution < 1.29 is 14.6 Å². The molecule has 21 heavy (non-hydrogen) atoms. The summed E-state index contributed by atoms with van der Waals surface area (Å²) >= 11 is 3.21. The first-order valence-corrected chi connectivity index (χ1v) is 7.65. The Bertz CT molecular complexity index is 596. The number of unbranched alkanes of at least 4 members (excludes halogenated alkanes) is 1. The zero-order chi connectivity index (χ0) is 15.1. The summed E-state index contributed by atoms with van der Waals surface area (Å²) in [5, 5.41) is 9.04. The minimum Gasteiger partial charge on any atom is -0.494 e. The molecule has 0 fully saturated rings. The summed E-state index contributed by atoms with van der Waals surface area (Å²) in [6.45, 7) is 0.591. The Morgan fingerprint density at radius 3 is 2.57 bits per heavy atom. The first kappa shape index (κ1) is 15.6. The Morgan fingerprint density at radius 2 is 1.86 bits per heavy atom. The molecule has 0 saturated carbocycles. The highest BCUT2D eigenvalue weighted by Crippen LogP contribution is 2.22. The Morgan fingerprint density at radius 1 is 1.10 bits per heavy atom. The molecular weight excluding hydrogens is 332 g/mol. The largest absolute Gasteiger partial charge is 0.494 e. The molecule has 2 rings (SSSR count). The van der Waals surface area contributed by atoms with Crippen molar-refractivity contribution >= 4 is 21.9 Å². The second-order valence-corrected chi connectivity index (χ2v) is 5.59. The van der Waals surface area contributed by atoms with Crippen LogP contribution in [0.25, 0.3) is 0 Å². The molecule has 0 radical (unpaired) electrons. The van der Waals surface area contributed by atoms with Gasteiger partial charge in [0, 0.05) is 4.47 Å². The second kappa shape index (κ2) is 7.84. The van der Waals surface area contributed by atoms with Crippen LogP contribution in [0.1, 0.15) is 28.8 Å². The molecule has 0 atom stereocenters. The molecular formula is C17H17BrO3. The molecule has 0 heterocycles. The Hall–Kier alpha value is -1.81. The molecule has 0 aromatic heterocycles. The van der Waals surface area contributed by atoms with Crippen molar-refractivity contribution in [2.24, 2.45) is 0 Å². The van der Waals surface area contributed by atoms with Crippen LogP contribution in [0.15, 0.2) is 53.0 Å². The summed E-state index contributed by atoms with van der Waals surface area (Å²) in [6.07, 6.45) is 3.02. The average molecular weight is 349 g/mol. The molecule has 0 aliphatic heterocycles. The third-order valence-electron chi connectivity index (χ3n) is 3.14. The van der Waals surface area contributed by atoms with Crippen molar-refractivity contribution in [3.05, 3.63) is 64.1 Å². The maximum atomic E-state index is 11.0. The van der Waals surface area contributed by atoms with E-state index in [0.29, 0.717) is 16.8 Å². The number of halogens is 1. The summed E-state index contributed by atoms with van der Waals surface area (Å²) in [6, 6.07) is 15.4. The van der Waals surface area contributed by atoms with E-state index in [0.717, 1.165) is 19.3 Å². The van der Waals surface area contributed by atoms with Crippen molar-refractivity contribution in [3.63, 3.8) is 0 Å². The van der Waals surface area contributed by atoms with Gasteiger partial charge in [-0.05, 0) is 59.0 Å². The minimum atomic E-state index is -0.962. The van der Waals surface area contributed by atoms with E-state index < -0.39 is 5.97 Å². The number of aromatic carboxylic acids is 1. The van der Waals surface area contributed by atoms with Crippen molar-refractivity contribution in [3.8, 4) is 5.75 Å². The van der Waals surface area contributed by atoms with Gasteiger partial charge in [0.05, 0.1) is 12.2 Å². The SMILES string of the molecule is O=C(O)c1cc(OCCCCc2ccccc2)ccc1Br. The molecule has 1 N–H and O–H groups in total. The fourth-order valence-electron chi connectivity index (χ4n) is 2.02. The monoisotopic (exact) mass is 348 g/mol. The van der Waals surface area contributed by atoms with E-state index in [2.05, 4.69) is 28.1 Å². The molecule has 2 aromatic rings. The minimum absolute atomic E-state index is 0.219. The third kappa shape index (κ3) is 4.90. The Kier molecular flexibility index (Phi) is 5.81. The maximum absolute atomic E-state index is 11.0. The highest BCUT2D eigenvalue weighted by Gasteiger charge is 2.09. The van der Waals surface area contributed by atoms with E-state index in [1.54, 1.807) is 18.2 Å². The van der Waals surface area contributed by atoms with Gasteiger partial charge in [0.25, 0.3) is 0 Å². The number of hydrogen-bond acceptors (Lipinski definition) is 2. The number of hydrogen-bond donors (Lipinski definition) is 1. The van der Waals surface area contributed by atoms with E-state index in [-0.39, 0.29) is 5.56 Å². The normalized spacial score (nSPS) is 10.3. The van der Waals surface area contributed by atoms with Crippen molar-refractivity contribution in [2.45, 2.75) is 19.3 Å². The summed E-state index contributed by atoms with van der Waals surface area (Å²) in [7, 11) is 0. The van der Waals surface area contributed by atoms with Gasteiger partial charge in [-0.15, -0.1) is 0 Å². The quantitative estimate of drug-likeness (QED) is 0.746. The lowest BCUT2D eigenvalue weighted by atomic mass is 10.1. The fraction of sp³-hybridized carbons (Fsp3) is 0.235. The van der Waals surface area contributed by atoms with Crippen LogP contribution >= 0.6 is 15.9 Å². The number of carbonyl (C=O) groups is 1. The van der Waals surface area contributed by atoms with Gasteiger partial charge >= 0.3 is 5.97 Å². The summed E-state index contributed by atoms with van der Waals surface area (Å²) in [4.78, 5) is 11.0. The molecule has 3 nitrogen and oxygen atoms in total. The van der Waals surface area contributed by atoms with Gasteiger partial charge in [0.1, 0.15) is 5.75 Å². The molecule has 110 valence electrons. The molecule has 0 aliphatic carbocycles. The standard InChI is InChI=1S/C17H17BrO3/c18-16-10-9-14(12-15(16)17(19)20)21-11-5-4-8-13-6-2-1-3-7-13/h1-3,6-7,9-10,12H,4-5,8,11H2,(H,19,20). The van der Waals surface area contributed by atoms with Crippen LogP contribution in [0.5, 0.6) is 5.75 Å². The van der Waals surface area contributed by atoms with Crippen LogP contribution in [0.2, 0.25) is 0 Å². The van der Waals surface area contributed by atoms with Gasteiger partial charge in [-0.3, -0.25) is 0 Å². The number of rotatable bonds is 7. The predicted molar refractivity (Wildman–Crippen MR) is 86.0 cm³/mol. The lowest BCUT2D eigenvalue weighted by Crippen LogP contribution is -2.02. The number of aryl methyl sites for hydroxylation is 1. The first-order valence-electron chi connectivity index (χ1n) is 6.86. The Balaban J connectivity index is 1.76. The molecule has 0 bridgehead atoms. The number of carboxylic acid groups (broad SMARTS) is 1. The van der Waals surface area contributed by atoms with E-state index in [1.807, 2.05) is 18.2 Å². The zero-order valence-electron chi connectivity index (χ0n) is 11.6. The molecule has 0 aliphatic rings. The lowest BCUT2D eigenvalue weighted by Gasteiger charge is -2.08. The molecule has 0 spiro atoms. The smallest absolute Gasteiger partial charge is 0.336 e. The molecule has 4 heteroatoms. The molecule has 2 aromatic carbocycles. The van der Waals surface area contributed by atoms with Gasteiger partial charge in [0.15, 0.2) is 0 Å². The van der Waals surface area contributed by atoms with Gasteiger partial charge in [-0.2, -0.15) is 0 Å². The van der Waals surface area contributed by atoms with Crippen LogP contribution in [0.3, 0.4) is 0 Å². The first-order chi connectivity index (χ1) is 10.2. The third-order valence-corrected chi connectivity index (χ3v) is 3.83. The van der Waals surface area contributed by atoms with E-state index in [1.165, 1.54) is 5.56 Å². The van der Waals surface area contributed by atoms with E-state index in [4.69, 9.17) is 9.84 Å². The maximum Gasteiger partial charge on any atom is 0.336 e. The highest BCUT2D eigenvalue weighted by molar-refractivity contribution is 9.10. The van der Waals surface area contributed by atoms with Crippen molar-refractivity contribution in [2.75, 3.05) is 6.61 Å². The zero-order valence-corrected chi connectivity index (χ0v) is 13.2. The molecule has 0 amide bonds. The van der Waals surface area contributed by atoms with E-state index in [9.17, 15) is 4.79 Å². The van der Waals surface area contributed by atoms with E-state index >= 15 is 0 Å². The van der Waals surface area contributed by atoms with Crippen LogP contribution < -0.4 is 4.74 Å². The van der Waals surface area contributed by atoms with Crippen LogP contribution in [0, 0.1) is 0 Å². The van der Waals surface area contributed by atoms with Gasteiger partial charge in [-0.1, -0.05) is 30.3 Å². The summed E-state index contributed by atoms with van der Waals surface area (Å²) < 4.78 is 6.17. The van der Waals surface area contributed by atoms with Crippen LogP contribution in [0.4, 0.5) is 0 Å². The fourth-order valence-corrected chi connectivity index (χ4v) is 2.44. The highest BCUT2D eigenvalue weighted by atomic mass is 79.9. The van der Waals surface area contributed by atoms with Crippen LogP contribution in [-0.4, -0.2) is 17.7 Å². The van der Waals surface area contributed by atoms with Crippen molar-refractivity contribution in [1.29, 1.82) is 0 Å². The lowest BCUT2D eigenvalue weighted by molar-refractivity contribution is 0.0695. The van der Waals surface area contributed by atoms with Crippen LogP contribution in [-0.2, 0) is 6.42 Å². The van der Waals surface area contributed by atoms with Gasteiger partial charge < -0.3 is 9.84 Å². The Labute approximate surface area is 132 Å². The summed E-state index contributed by atoms with van der Waals surface area (Å²) in [5.41, 5.74) is 1.55. The summed E-state index contributed by atoms with van der Waals surface area (Å²) in [5.74, 6) is -0.369. The second-order valence-electron chi connectivity index (χ2n) is 4.74. The molecule has 0 unspecified atom stereocenters. The van der Waals surface area contributed by atoms with Gasteiger partial charge in [0.2, 0.25) is 0 Å². The number of carboxylic acids is 1. The topological polar surface area (TPSA) is 46.5 Å². The van der Waals surface area contributed by atoms with Gasteiger partial charge in [-0.25, -0.2) is 4.79 Å². The average Bonchev–Trinajstić information content (AvgIpc) is 2.49. The van der Waals surface area contributed by atoms with Crippen molar-refractivity contribution in [1.82, 2.24) is 0 Å². The molecule has 0 saturated heterocycles. The number of ether oxygens (including phenoxy) is 1. The predicted octanol–water partition coefficient (Wildman–Crippen LogP) is 4.55. The number of benzene rings is 2.